The maximum absolute atomic E-state index is 11.9. The number of hydrogen-bond donors (Lipinski definition) is 2. The highest BCUT2D eigenvalue weighted by Gasteiger charge is 2.12. The van der Waals surface area contributed by atoms with Gasteiger partial charge in [0.25, 0.3) is 5.91 Å². The van der Waals surface area contributed by atoms with Crippen molar-refractivity contribution in [2.24, 2.45) is 0 Å². The van der Waals surface area contributed by atoms with Gasteiger partial charge >= 0.3 is 5.97 Å². The van der Waals surface area contributed by atoms with Crippen LogP contribution in [0.1, 0.15) is 36.0 Å². The fraction of sp³-hybridized carbons (Fsp3) is 0.562. The molecule has 0 radical (unpaired) electrons. The lowest BCUT2D eigenvalue weighted by atomic mass is 10.2. The van der Waals surface area contributed by atoms with Crippen LogP contribution in [0.5, 0.6) is 0 Å². The normalized spacial score (nSPS) is 15.0. The van der Waals surface area contributed by atoms with Crippen molar-refractivity contribution in [1.82, 2.24) is 10.3 Å². The van der Waals surface area contributed by atoms with E-state index in [0.717, 1.165) is 18.9 Å². The molecule has 7 heteroatoms. The lowest BCUT2D eigenvalue weighted by Crippen LogP contribution is -2.28. The fourth-order valence-electron chi connectivity index (χ4n) is 2.51. The summed E-state index contributed by atoms with van der Waals surface area (Å²) in [7, 11) is 0. The molecule has 2 N–H and O–H groups in total. The van der Waals surface area contributed by atoms with Crippen LogP contribution >= 0.6 is 0 Å². The van der Waals surface area contributed by atoms with E-state index in [1.165, 1.54) is 25.7 Å². The Morgan fingerprint density at radius 3 is 2.57 bits per heavy atom. The number of aromatic nitrogens is 1. The maximum Gasteiger partial charge on any atom is 0.329 e. The van der Waals surface area contributed by atoms with Gasteiger partial charge in [0.1, 0.15) is 12.4 Å². The summed E-state index contributed by atoms with van der Waals surface area (Å²) >= 11 is 0. The summed E-state index contributed by atoms with van der Waals surface area (Å²) in [6, 6.07) is 3.64. The molecule has 0 atom stereocenters. The second kappa shape index (κ2) is 9.09. The first kappa shape index (κ1) is 17.2. The SMILES string of the molecule is O=C(O)COCCNC(=O)c1ccc(N2CCCCCC2)nc1. The van der Waals surface area contributed by atoms with Gasteiger partial charge in [0.05, 0.1) is 12.2 Å². The second-order valence-corrected chi connectivity index (χ2v) is 5.51. The molecule has 23 heavy (non-hydrogen) atoms. The molecule has 1 fully saturated rings. The molecule has 0 unspecified atom stereocenters. The van der Waals surface area contributed by atoms with E-state index in [9.17, 15) is 9.59 Å². The van der Waals surface area contributed by atoms with Crippen molar-refractivity contribution in [3.63, 3.8) is 0 Å². The molecule has 126 valence electrons. The lowest BCUT2D eigenvalue weighted by molar-refractivity contribution is -0.142. The zero-order valence-corrected chi connectivity index (χ0v) is 13.2. The highest BCUT2D eigenvalue weighted by Crippen LogP contribution is 2.17. The number of nitrogens with zero attached hydrogens (tertiary/aromatic N) is 2. The molecule has 1 saturated heterocycles. The molecule has 1 aliphatic heterocycles. The Morgan fingerprint density at radius 2 is 1.96 bits per heavy atom. The first-order valence-electron chi connectivity index (χ1n) is 7.95. The molecule has 7 nitrogen and oxygen atoms in total. The standard InChI is InChI=1S/C16H23N3O4/c20-15(21)12-23-10-7-17-16(22)13-5-6-14(18-11-13)19-8-3-1-2-4-9-19/h5-6,11H,1-4,7-10,12H2,(H,17,22)(H,20,21). The summed E-state index contributed by atoms with van der Waals surface area (Å²) in [5.74, 6) is -0.350. The minimum Gasteiger partial charge on any atom is -0.480 e. The van der Waals surface area contributed by atoms with Crippen molar-refractivity contribution in [2.75, 3.05) is 37.7 Å². The average molecular weight is 321 g/mol. The maximum atomic E-state index is 11.9. The van der Waals surface area contributed by atoms with E-state index in [1.54, 1.807) is 12.3 Å². The Hall–Kier alpha value is -2.15. The van der Waals surface area contributed by atoms with Gasteiger partial charge in [-0.05, 0) is 25.0 Å². The monoisotopic (exact) mass is 321 g/mol. The van der Waals surface area contributed by atoms with E-state index < -0.39 is 5.97 Å². The van der Waals surface area contributed by atoms with Crippen LogP contribution in [0.2, 0.25) is 0 Å². The number of carboxylic acids is 1. The van der Waals surface area contributed by atoms with Crippen molar-refractivity contribution in [3.05, 3.63) is 23.9 Å². The third-order valence-corrected chi connectivity index (χ3v) is 3.70. The van der Waals surface area contributed by atoms with Crippen molar-refractivity contribution in [2.45, 2.75) is 25.7 Å². The number of hydrogen-bond acceptors (Lipinski definition) is 5. The number of carbonyl (C=O) groups excluding carboxylic acids is 1. The quantitative estimate of drug-likeness (QED) is 0.735. The molecule has 0 aliphatic carbocycles. The zero-order chi connectivity index (χ0) is 16.5. The summed E-state index contributed by atoms with van der Waals surface area (Å²) in [5.41, 5.74) is 0.488. The van der Waals surface area contributed by atoms with Gasteiger partial charge in [-0.2, -0.15) is 0 Å². The molecule has 2 heterocycles. The number of aliphatic carboxylic acids is 1. The smallest absolute Gasteiger partial charge is 0.329 e. The molecule has 0 saturated carbocycles. The van der Waals surface area contributed by atoms with E-state index in [-0.39, 0.29) is 25.7 Å². The Morgan fingerprint density at radius 1 is 1.22 bits per heavy atom. The van der Waals surface area contributed by atoms with Gasteiger partial charge in [-0.3, -0.25) is 4.79 Å². The number of nitrogens with one attached hydrogen (secondary N) is 1. The third-order valence-electron chi connectivity index (χ3n) is 3.70. The average Bonchev–Trinajstić information content (AvgIpc) is 2.83. The summed E-state index contributed by atoms with van der Waals surface area (Å²) in [5, 5.41) is 11.1. The number of anilines is 1. The van der Waals surface area contributed by atoms with Crippen LogP contribution in [-0.4, -0.2) is 54.8 Å². The van der Waals surface area contributed by atoms with E-state index in [0.29, 0.717) is 5.56 Å². The molecule has 1 aromatic rings. The number of carbonyl (C=O) groups is 2. The summed E-state index contributed by atoms with van der Waals surface area (Å²) < 4.78 is 4.86. The molecule has 0 aromatic carbocycles. The Labute approximate surface area is 135 Å². The van der Waals surface area contributed by atoms with Crippen LogP contribution in [0.3, 0.4) is 0 Å². The number of carboxylic acid groups (broad SMARTS) is 1. The minimum atomic E-state index is -1.02. The van der Waals surface area contributed by atoms with Crippen LogP contribution < -0.4 is 10.2 Å². The predicted octanol–water partition coefficient (Wildman–Crippen LogP) is 1.29. The Kier molecular flexibility index (Phi) is 6.80. The van der Waals surface area contributed by atoms with Gasteiger partial charge in [0.2, 0.25) is 0 Å². The van der Waals surface area contributed by atoms with E-state index >= 15 is 0 Å². The van der Waals surface area contributed by atoms with Crippen LogP contribution in [0, 0.1) is 0 Å². The predicted molar refractivity (Wildman–Crippen MR) is 85.7 cm³/mol. The van der Waals surface area contributed by atoms with Crippen molar-refractivity contribution < 1.29 is 19.4 Å². The number of pyridine rings is 1. The van der Waals surface area contributed by atoms with Crippen LogP contribution in [0.15, 0.2) is 18.3 Å². The minimum absolute atomic E-state index is 0.164. The topological polar surface area (TPSA) is 91.8 Å². The summed E-state index contributed by atoms with van der Waals surface area (Å²) in [6.07, 6.45) is 6.47. The van der Waals surface area contributed by atoms with Gasteiger partial charge in [-0.15, -0.1) is 0 Å². The third kappa shape index (κ3) is 5.86. The van der Waals surface area contributed by atoms with Crippen molar-refractivity contribution >= 4 is 17.7 Å². The Bertz CT molecular complexity index is 511. The van der Waals surface area contributed by atoms with E-state index in [1.807, 2.05) is 6.07 Å². The molecule has 1 aromatic heterocycles. The van der Waals surface area contributed by atoms with Gasteiger partial charge in [0.15, 0.2) is 0 Å². The van der Waals surface area contributed by atoms with Crippen molar-refractivity contribution in [3.8, 4) is 0 Å². The van der Waals surface area contributed by atoms with Crippen LogP contribution in [0.4, 0.5) is 5.82 Å². The number of ether oxygens (including phenoxy) is 1. The highest BCUT2D eigenvalue weighted by molar-refractivity contribution is 5.94. The molecule has 0 bridgehead atoms. The van der Waals surface area contributed by atoms with Gasteiger partial charge in [-0.1, -0.05) is 12.8 Å². The van der Waals surface area contributed by atoms with Crippen LogP contribution in [-0.2, 0) is 9.53 Å². The molecule has 1 aliphatic rings. The van der Waals surface area contributed by atoms with E-state index in [4.69, 9.17) is 9.84 Å². The molecular weight excluding hydrogens is 298 g/mol. The Balaban J connectivity index is 1.79. The summed E-state index contributed by atoms with van der Waals surface area (Å²) in [4.78, 5) is 28.9. The molecule has 2 rings (SSSR count). The first-order chi connectivity index (χ1) is 11.2. The molecule has 0 spiro atoms. The molecule has 1 amide bonds. The van der Waals surface area contributed by atoms with Gasteiger partial charge < -0.3 is 20.1 Å². The van der Waals surface area contributed by atoms with Gasteiger partial charge in [-0.25, -0.2) is 9.78 Å². The first-order valence-corrected chi connectivity index (χ1v) is 7.95. The second-order valence-electron chi connectivity index (χ2n) is 5.51. The van der Waals surface area contributed by atoms with E-state index in [2.05, 4.69) is 15.2 Å². The van der Waals surface area contributed by atoms with Crippen molar-refractivity contribution in [1.29, 1.82) is 0 Å². The van der Waals surface area contributed by atoms with Gasteiger partial charge in [0, 0.05) is 25.8 Å². The fourth-order valence-corrected chi connectivity index (χ4v) is 2.51. The zero-order valence-electron chi connectivity index (χ0n) is 13.2. The number of rotatable bonds is 7. The lowest BCUT2D eigenvalue weighted by Gasteiger charge is -2.21. The van der Waals surface area contributed by atoms with Crippen LogP contribution in [0.25, 0.3) is 0 Å². The highest BCUT2D eigenvalue weighted by atomic mass is 16.5. The largest absolute Gasteiger partial charge is 0.480 e. The molecular formula is C16H23N3O4. The number of amides is 1. The summed E-state index contributed by atoms with van der Waals surface area (Å²) in [6.45, 7) is 2.10.